The van der Waals surface area contributed by atoms with Crippen molar-refractivity contribution < 1.29 is 9.53 Å². The first kappa shape index (κ1) is 13.8. The predicted octanol–water partition coefficient (Wildman–Crippen LogP) is 1.29. The molecule has 2 fully saturated rings. The molecule has 0 spiro atoms. The van der Waals surface area contributed by atoms with Crippen LogP contribution in [0.5, 0.6) is 0 Å². The number of fused-ring (bicyclic) bond motifs is 2. The highest BCUT2D eigenvalue weighted by Gasteiger charge is 2.48. The molecule has 2 bridgehead atoms. The highest BCUT2D eigenvalue weighted by atomic mass is 16.5. The van der Waals surface area contributed by atoms with Gasteiger partial charge in [0.2, 0.25) is 5.91 Å². The molecular weight excluding hydrogens is 228 g/mol. The van der Waals surface area contributed by atoms with Gasteiger partial charge < -0.3 is 15.8 Å². The molecule has 1 amide bonds. The highest BCUT2D eigenvalue weighted by molar-refractivity contribution is 5.80. The monoisotopic (exact) mass is 254 g/mol. The molecule has 2 aliphatic carbocycles. The van der Waals surface area contributed by atoms with Gasteiger partial charge in [-0.05, 0) is 43.9 Å². The number of amides is 1. The molecule has 4 unspecified atom stereocenters. The largest absolute Gasteiger partial charge is 0.381 e. The van der Waals surface area contributed by atoms with Gasteiger partial charge in [-0.15, -0.1) is 0 Å². The second-order valence-electron chi connectivity index (χ2n) is 5.69. The minimum absolute atomic E-state index is 0.0697. The van der Waals surface area contributed by atoms with E-state index in [1.807, 2.05) is 0 Å². The van der Waals surface area contributed by atoms with Gasteiger partial charge in [0, 0.05) is 25.8 Å². The van der Waals surface area contributed by atoms with Crippen LogP contribution in [0.1, 0.15) is 39.0 Å². The van der Waals surface area contributed by atoms with Crippen molar-refractivity contribution >= 4 is 5.91 Å². The third-order valence-electron chi connectivity index (χ3n) is 4.40. The van der Waals surface area contributed by atoms with E-state index in [4.69, 9.17) is 10.5 Å². The lowest BCUT2D eigenvalue weighted by atomic mass is 9.84. The van der Waals surface area contributed by atoms with E-state index in [-0.39, 0.29) is 17.9 Å². The summed E-state index contributed by atoms with van der Waals surface area (Å²) < 4.78 is 5.38. The molecule has 0 aliphatic heterocycles. The van der Waals surface area contributed by atoms with Crippen molar-refractivity contribution in [1.82, 2.24) is 5.32 Å². The van der Waals surface area contributed by atoms with Crippen LogP contribution in [0.2, 0.25) is 0 Å². The summed E-state index contributed by atoms with van der Waals surface area (Å²) in [6.45, 7) is 4.35. The second kappa shape index (κ2) is 6.53. The Labute approximate surface area is 110 Å². The van der Waals surface area contributed by atoms with Crippen molar-refractivity contribution in [3.63, 3.8) is 0 Å². The van der Waals surface area contributed by atoms with Gasteiger partial charge in [0.15, 0.2) is 0 Å². The number of carbonyl (C=O) groups excluding carboxylic acids is 1. The number of hydrogen-bond acceptors (Lipinski definition) is 3. The lowest BCUT2D eigenvalue weighted by Crippen LogP contribution is -2.45. The van der Waals surface area contributed by atoms with Gasteiger partial charge in [-0.25, -0.2) is 0 Å². The Bertz CT molecular complexity index is 281. The standard InChI is InChI=1S/C14H26N2O2/c1-2-7-18-8-3-6-16-14(17)12-10-4-5-11(9-10)13(12)15/h10-13H,2-9,15H2,1H3,(H,16,17). The Morgan fingerprint density at radius 2 is 2.11 bits per heavy atom. The second-order valence-corrected chi connectivity index (χ2v) is 5.69. The first-order chi connectivity index (χ1) is 8.74. The van der Waals surface area contributed by atoms with Crippen LogP contribution >= 0.6 is 0 Å². The number of carbonyl (C=O) groups is 1. The molecule has 0 aromatic carbocycles. The molecule has 104 valence electrons. The normalized spacial score (nSPS) is 33.9. The maximum absolute atomic E-state index is 12.1. The van der Waals surface area contributed by atoms with Crippen LogP contribution in [0.4, 0.5) is 0 Å². The molecule has 0 aromatic rings. The SMILES string of the molecule is CCCOCCCNC(=O)C1C2CCC(C2)C1N. The predicted molar refractivity (Wildman–Crippen MR) is 71.0 cm³/mol. The quantitative estimate of drug-likeness (QED) is 0.673. The highest BCUT2D eigenvalue weighted by Crippen LogP contribution is 2.47. The first-order valence-corrected chi connectivity index (χ1v) is 7.35. The maximum atomic E-state index is 12.1. The minimum Gasteiger partial charge on any atom is -0.381 e. The van der Waals surface area contributed by atoms with Crippen LogP contribution in [-0.4, -0.2) is 31.7 Å². The third kappa shape index (κ3) is 3.04. The van der Waals surface area contributed by atoms with Crippen molar-refractivity contribution in [3.8, 4) is 0 Å². The number of hydrogen-bond donors (Lipinski definition) is 2. The van der Waals surface area contributed by atoms with Gasteiger partial charge in [-0.1, -0.05) is 6.92 Å². The summed E-state index contributed by atoms with van der Waals surface area (Å²) in [6, 6.07) is 0.0973. The Morgan fingerprint density at radius 3 is 2.78 bits per heavy atom. The Hall–Kier alpha value is -0.610. The lowest BCUT2D eigenvalue weighted by Gasteiger charge is -2.27. The molecule has 2 aliphatic rings. The fraction of sp³-hybridized carbons (Fsp3) is 0.929. The van der Waals surface area contributed by atoms with Crippen molar-refractivity contribution in [2.45, 2.75) is 45.1 Å². The zero-order chi connectivity index (χ0) is 13.0. The molecule has 4 atom stereocenters. The van der Waals surface area contributed by atoms with Crippen molar-refractivity contribution in [3.05, 3.63) is 0 Å². The van der Waals surface area contributed by atoms with Crippen molar-refractivity contribution in [1.29, 1.82) is 0 Å². The number of ether oxygens (including phenoxy) is 1. The lowest BCUT2D eigenvalue weighted by molar-refractivity contribution is -0.127. The summed E-state index contributed by atoms with van der Waals surface area (Å²) in [5, 5.41) is 3.02. The fourth-order valence-corrected chi connectivity index (χ4v) is 3.47. The first-order valence-electron chi connectivity index (χ1n) is 7.35. The molecule has 4 heteroatoms. The Morgan fingerprint density at radius 1 is 1.33 bits per heavy atom. The molecular formula is C14H26N2O2. The van der Waals surface area contributed by atoms with Crippen LogP contribution in [0.15, 0.2) is 0 Å². The zero-order valence-electron chi connectivity index (χ0n) is 11.4. The van der Waals surface area contributed by atoms with Crippen LogP contribution in [0.3, 0.4) is 0 Å². The van der Waals surface area contributed by atoms with Crippen LogP contribution < -0.4 is 11.1 Å². The number of nitrogens with one attached hydrogen (secondary N) is 1. The Balaban J connectivity index is 1.63. The van der Waals surface area contributed by atoms with E-state index in [0.29, 0.717) is 18.4 Å². The number of nitrogens with two attached hydrogens (primary N) is 1. The summed E-state index contributed by atoms with van der Waals surface area (Å²) in [7, 11) is 0. The van der Waals surface area contributed by atoms with E-state index in [9.17, 15) is 4.79 Å². The molecule has 0 heterocycles. The molecule has 0 aromatic heterocycles. The van der Waals surface area contributed by atoms with Crippen molar-refractivity contribution in [2.75, 3.05) is 19.8 Å². The summed E-state index contributed by atoms with van der Waals surface area (Å²) in [5.41, 5.74) is 6.15. The molecule has 2 rings (SSSR count). The van der Waals surface area contributed by atoms with E-state index >= 15 is 0 Å². The summed E-state index contributed by atoms with van der Waals surface area (Å²) in [5.74, 6) is 1.38. The van der Waals surface area contributed by atoms with Crippen LogP contribution in [0.25, 0.3) is 0 Å². The average molecular weight is 254 g/mol. The van der Waals surface area contributed by atoms with Gasteiger partial charge in [0.1, 0.15) is 0 Å². The van der Waals surface area contributed by atoms with Gasteiger partial charge >= 0.3 is 0 Å². The maximum Gasteiger partial charge on any atom is 0.224 e. The summed E-state index contributed by atoms with van der Waals surface area (Å²) >= 11 is 0. The van der Waals surface area contributed by atoms with Gasteiger partial charge in [-0.3, -0.25) is 4.79 Å². The average Bonchev–Trinajstić information content (AvgIpc) is 2.94. The third-order valence-corrected chi connectivity index (χ3v) is 4.40. The molecule has 2 saturated carbocycles. The van der Waals surface area contributed by atoms with Gasteiger partial charge in [0.05, 0.1) is 5.92 Å². The fourth-order valence-electron chi connectivity index (χ4n) is 3.47. The summed E-state index contributed by atoms with van der Waals surface area (Å²) in [4.78, 5) is 12.1. The Kier molecular flexibility index (Phi) is 5.01. The van der Waals surface area contributed by atoms with Crippen LogP contribution in [0, 0.1) is 17.8 Å². The smallest absolute Gasteiger partial charge is 0.224 e. The molecule has 18 heavy (non-hydrogen) atoms. The molecule has 0 radical (unpaired) electrons. The van der Waals surface area contributed by atoms with Gasteiger partial charge in [0.25, 0.3) is 0 Å². The van der Waals surface area contributed by atoms with Gasteiger partial charge in [-0.2, -0.15) is 0 Å². The van der Waals surface area contributed by atoms with Crippen LogP contribution in [-0.2, 0) is 9.53 Å². The number of rotatable bonds is 7. The molecule has 3 N–H and O–H groups in total. The molecule has 0 saturated heterocycles. The topological polar surface area (TPSA) is 64.3 Å². The van der Waals surface area contributed by atoms with E-state index in [1.165, 1.54) is 19.3 Å². The van der Waals surface area contributed by atoms with E-state index in [1.54, 1.807) is 0 Å². The van der Waals surface area contributed by atoms with E-state index in [2.05, 4.69) is 12.2 Å². The summed E-state index contributed by atoms with van der Waals surface area (Å²) in [6.07, 6.45) is 5.52. The minimum atomic E-state index is 0.0697. The zero-order valence-corrected chi connectivity index (χ0v) is 11.4. The molecule has 4 nitrogen and oxygen atoms in total. The van der Waals surface area contributed by atoms with Crippen molar-refractivity contribution in [2.24, 2.45) is 23.5 Å². The van der Waals surface area contributed by atoms with E-state index < -0.39 is 0 Å². The van der Waals surface area contributed by atoms with E-state index in [0.717, 1.165) is 26.1 Å².